The van der Waals surface area contributed by atoms with Crippen LogP contribution >= 0.6 is 0 Å². The molecule has 2 N–H and O–H groups in total. The van der Waals surface area contributed by atoms with Crippen molar-refractivity contribution in [2.45, 2.75) is 19.8 Å². The van der Waals surface area contributed by atoms with E-state index in [9.17, 15) is 13.6 Å². The molecule has 0 fully saturated rings. The van der Waals surface area contributed by atoms with E-state index in [2.05, 4.69) is 11.9 Å². The summed E-state index contributed by atoms with van der Waals surface area (Å²) >= 11 is 0. The van der Waals surface area contributed by atoms with E-state index in [1.54, 1.807) is 6.08 Å². The molecule has 0 aliphatic carbocycles. The summed E-state index contributed by atoms with van der Waals surface area (Å²) in [6, 6.07) is 0. The van der Waals surface area contributed by atoms with Crippen molar-refractivity contribution < 1.29 is 18.7 Å². The van der Waals surface area contributed by atoms with Crippen LogP contribution in [0.15, 0.2) is 12.7 Å². The van der Waals surface area contributed by atoms with Crippen LogP contribution in [0, 0.1) is 5.41 Å². The first-order valence-electron chi connectivity index (χ1n) is 4.17. The van der Waals surface area contributed by atoms with Crippen LogP contribution in [0.5, 0.6) is 0 Å². The Morgan fingerprint density at radius 2 is 2.00 bits per heavy atom. The van der Waals surface area contributed by atoms with Gasteiger partial charge in [0.05, 0.1) is 6.54 Å². The highest BCUT2D eigenvalue weighted by atomic mass is 19.3. The van der Waals surface area contributed by atoms with Crippen LogP contribution in [0.3, 0.4) is 0 Å². The summed E-state index contributed by atoms with van der Waals surface area (Å²) in [5, 5.41) is 10.5. The van der Waals surface area contributed by atoms with Gasteiger partial charge in [0.2, 0.25) is 0 Å². The Morgan fingerprint density at radius 3 is 2.36 bits per heavy atom. The van der Waals surface area contributed by atoms with E-state index in [1.165, 1.54) is 0 Å². The minimum atomic E-state index is -3.71. The summed E-state index contributed by atoms with van der Waals surface area (Å²) in [6.45, 7) is 6.56. The fourth-order valence-electron chi connectivity index (χ4n) is 0.689. The van der Waals surface area contributed by atoms with Crippen LogP contribution in [-0.4, -0.2) is 30.1 Å². The van der Waals surface area contributed by atoms with Crippen LogP contribution < -0.4 is 5.32 Å². The van der Waals surface area contributed by atoms with Gasteiger partial charge in [-0.2, -0.15) is 8.78 Å². The standard InChI is InChI=1S/C9H15F2NO2/c1-4-8(2,3)5-12-6-9(10,11)7(13)14/h4,12H,1,5-6H2,2-3H3,(H,13,14). The summed E-state index contributed by atoms with van der Waals surface area (Å²) in [6.07, 6.45) is 1.62. The molecule has 0 heterocycles. The average molecular weight is 207 g/mol. The van der Waals surface area contributed by atoms with Gasteiger partial charge in [0, 0.05) is 6.54 Å². The monoisotopic (exact) mass is 207 g/mol. The fraction of sp³-hybridized carbons (Fsp3) is 0.667. The van der Waals surface area contributed by atoms with Gasteiger partial charge in [0.15, 0.2) is 0 Å². The second-order valence-corrected chi connectivity index (χ2v) is 3.81. The van der Waals surface area contributed by atoms with E-state index < -0.39 is 18.4 Å². The van der Waals surface area contributed by atoms with Crippen LogP contribution in [0.1, 0.15) is 13.8 Å². The summed E-state index contributed by atoms with van der Waals surface area (Å²) in [5.41, 5.74) is -0.325. The number of carboxylic acid groups (broad SMARTS) is 1. The highest BCUT2D eigenvalue weighted by Crippen LogP contribution is 2.16. The molecule has 0 aliphatic rings. The third-order valence-electron chi connectivity index (χ3n) is 1.79. The lowest BCUT2D eigenvalue weighted by molar-refractivity contribution is -0.164. The number of carbonyl (C=O) groups is 1. The van der Waals surface area contributed by atoms with Crippen molar-refractivity contribution in [1.82, 2.24) is 5.32 Å². The Labute approximate surface area is 81.8 Å². The molecule has 0 saturated carbocycles. The summed E-state index contributed by atoms with van der Waals surface area (Å²) < 4.78 is 25.1. The number of carboxylic acids is 1. The van der Waals surface area contributed by atoms with Crippen LogP contribution in [0.4, 0.5) is 8.78 Å². The molecule has 3 nitrogen and oxygen atoms in total. The molecule has 0 rings (SSSR count). The zero-order valence-corrected chi connectivity index (χ0v) is 8.31. The Bertz CT molecular complexity index is 227. The van der Waals surface area contributed by atoms with Crippen molar-refractivity contribution in [1.29, 1.82) is 0 Å². The van der Waals surface area contributed by atoms with E-state index in [-0.39, 0.29) is 12.0 Å². The van der Waals surface area contributed by atoms with Gasteiger partial charge in [-0.3, -0.25) is 0 Å². The predicted molar refractivity (Wildman–Crippen MR) is 49.4 cm³/mol. The zero-order chi connectivity index (χ0) is 11.4. The maximum absolute atomic E-state index is 12.5. The van der Waals surface area contributed by atoms with E-state index in [1.807, 2.05) is 13.8 Å². The van der Waals surface area contributed by atoms with Crippen molar-refractivity contribution in [2.24, 2.45) is 5.41 Å². The fourth-order valence-corrected chi connectivity index (χ4v) is 0.689. The third-order valence-corrected chi connectivity index (χ3v) is 1.79. The lowest BCUT2D eigenvalue weighted by Crippen LogP contribution is -2.42. The van der Waals surface area contributed by atoms with Gasteiger partial charge in [-0.05, 0) is 5.41 Å². The lowest BCUT2D eigenvalue weighted by atomic mass is 9.94. The molecule has 0 saturated heterocycles. The molecule has 82 valence electrons. The molecule has 0 spiro atoms. The second kappa shape index (κ2) is 4.50. The third kappa shape index (κ3) is 4.32. The molecule has 0 unspecified atom stereocenters. The van der Waals surface area contributed by atoms with Crippen LogP contribution in [-0.2, 0) is 4.79 Å². The number of alkyl halides is 2. The zero-order valence-electron chi connectivity index (χ0n) is 8.31. The Hall–Kier alpha value is -0.970. The maximum atomic E-state index is 12.5. The number of hydrogen-bond donors (Lipinski definition) is 2. The average Bonchev–Trinajstić information content (AvgIpc) is 2.03. The minimum Gasteiger partial charge on any atom is -0.477 e. The molecule has 0 aliphatic heterocycles. The number of rotatable bonds is 6. The molecule has 0 aromatic rings. The van der Waals surface area contributed by atoms with Gasteiger partial charge in [0.25, 0.3) is 0 Å². The molecule has 14 heavy (non-hydrogen) atoms. The van der Waals surface area contributed by atoms with E-state index >= 15 is 0 Å². The number of halogens is 2. The minimum absolute atomic E-state index is 0.263. The molecular formula is C9H15F2NO2. The Morgan fingerprint density at radius 1 is 1.50 bits per heavy atom. The van der Waals surface area contributed by atoms with Gasteiger partial charge in [0.1, 0.15) is 0 Å². The van der Waals surface area contributed by atoms with Crippen molar-refractivity contribution in [3.05, 3.63) is 12.7 Å². The van der Waals surface area contributed by atoms with E-state index in [0.29, 0.717) is 0 Å². The SMILES string of the molecule is C=CC(C)(C)CNCC(F)(F)C(=O)O. The van der Waals surface area contributed by atoms with Gasteiger partial charge in [-0.25, -0.2) is 4.79 Å². The molecule has 0 bridgehead atoms. The normalized spacial score (nSPS) is 12.6. The molecule has 0 aromatic heterocycles. The first-order chi connectivity index (χ1) is 6.21. The number of aliphatic carboxylic acids is 1. The molecule has 0 aromatic carbocycles. The van der Waals surface area contributed by atoms with Gasteiger partial charge < -0.3 is 10.4 Å². The lowest BCUT2D eigenvalue weighted by Gasteiger charge is -2.21. The molecule has 0 atom stereocenters. The smallest absolute Gasteiger partial charge is 0.375 e. The van der Waals surface area contributed by atoms with Crippen molar-refractivity contribution in [2.75, 3.05) is 13.1 Å². The van der Waals surface area contributed by atoms with Gasteiger partial charge in [-0.1, -0.05) is 19.9 Å². The quantitative estimate of drug-likeness (QED) is 0.649. The highest BCUT2D eigenvalue weighted by Gasteiger charge is 2.38. The summed E-state index contributed by atoms with van der Waals surface area (Å²) in [5.74, 6) is -5.82. The summed E-state index contributed by atoms with van der Waals surface area (Å²) in [7, 11) is 0. The molecule has 0 radical (unpaired) electrons. The Kier molecular flexibility index (Phi) is 4.19. The largest absolute Gasteiger partial charge is 0.477 e. The van der Waals surface area contributed by atoms with E-state index in [0.717, 1.165) is 0 Å². The second-order valence-electron chi connectivity index (χ2n) is 3.81. The van der Waals surface area contributed by atoms with Crippen molar-refractivity contribution in [3.8, 4) is 0 Å². The topological polar surface area (TPSA) is 49.3 Å². The Balaban J connectivity index is 3.97. The number of hydrogen-bond acceptors (Lipinski definition) is 2. The first kappa shape index (κ1) is 13.0. The van der Waals surface area contributed by atoms with Crippen LogP contribution in [0.2, 0.25) is 0 Å². The molecular weight excluding hydrogens is 192 g/mol. The van der Waals surface area contributed by atoms with E-state index in [4.69, 9.17) is 5.11 Å². The first-order valence-corrected chi connectivity index (χ1v) is 4.17. The van der Waals surface area contributed by atoms with Gasteiger partial charge >= 0.3 is 11.9 Å². The van der Waals surface area contributed by atoms with Crippen molar-refractivity contribution in [3.63, 3.8) is 0 Å². The highest BCUT2D eigenvalue weighted by molar-refractivity contribution is 5.75. The molecule has 5 heteroatoms. The predicted octanol–water partition coefficient (Wildman–Crippen LogP) is 1.51. The van der Waals surface area contributed by atoms with Crippen molar-refractivity contribution >= 4 is 5.97 Å². The maximum Gasteiger partial charge on any atom is 0.375 e. The number of nitrogens with one attached hydrogen (secondary N) is 1. The summed E-state index contributed by atoms with van der Waals surface area (Å²) in [4.78, 5) is 10.0. The van der Waals surface area contributed by atoms with Gasteiger partial charge in [-0.15, -0.1) is 6.58 Å². The van der Waals surface area contributed by atoms with Crippen LogP contribution in [0.25, 0.3) is 0 Å². The molecule has 0 amide bonds.